The Morgan fingerprint density at radius 1 is 1.67 bits per heavy atom. The van der Waals surface area contributed by atoms with Crippen LogP contribution in [-0.4, -0.2) is 11.1 Å². The summed E-state index contributed by atoms with van der Waals surface area (Å²) in [5.41, 5.74) is 6.62. The first-order valence-electron chi connectivity index (χ1n) is 3.64. The maximum absolute atomic E-state index is 10.7. The normalized spacial score (nSPS) is 10.6. The van der Waals surface area contributed by atoms with Crippen LogP contribution in [0.4, 0.5) is 5.00 Å². The molecule has 0 aliphatic rings. The fourth-order valence-electron chi connectivity index (χ4n) is 1.04. The zero-order valence-corrected chi connectivity index (χ0v) is 7.81. The summed E-state index contributed by atoms with van der Waals surface area (Å²) in [4.78, 5) is 10.7. The van der Waals surface area contributed by atoms with Gasteiger partial charge in [0.25, 0.3) is 0 Å². The van der Waals surface area contributed by atoms with Crippen molar-refractivity contribution in [2.75, 3.05) is 5.73 Å². The Hall–Kier alpha value is -1.03. The number of carboxylic acids is 1. The minimum Gasteiger partial charge on any atom is -0.478 e. The first-order chi connectivity index (χ1) is 5.54. The summed E-state index contributed by atoms with van der Waals surface area (Å²) >= 11 is 1.28. The minimum absolute atomic E-state index is 0.213. The summed E-state index contributed by atoms with van der Waals surface area (Å²) in [6.07, 6.45) is 0. The van der Waals surface area contributed by atoms with Crippen LogP contribution in [0.1, 0.15) is 35.7 Å². The van der Waals surface area contributed by atoms with E-state index >= 15 is 0 Å². The van der Waals surface area contributed by atoms with E-state index in [2.05, 4.69) is 0 Å². The molecule has 0 saturated carbocycles. The number of anilines is 1. The summed E-state index contributed by atoms with van der Waals surface area (Å²) in [6, 6.07) is 0. The van der Waals surface area contributed by atoms with Gasteiger partial charge in [-0.1, -0.05) is 13.8 Å². The van der Waals surface area contributed by atoms with Crippen molar-refractivity contribution in [3.05, 3.63) is 16.5 Å². The maximum atomic E-state index is 10.7. The van der Waals surface area contributed by atoms with Gasteiger partial charge in [0.05, 0.1) is 5.56 Å². The zero-order chi connectivity index (χ0) is 9.30. The molecule has 1 rings (SSSR count). The second kappa shape index (κ2) is 3.15. The van der Waals surface area contributed by atoms with Crippen molar-refractivity contribution in [3.63, 3.8) is 0 Å². The molecule has 0 bridgehead atoms. The van der Waals surface area contributed by atoms with Crippen LogP contribution in [0.5, 0.6) is 0 Å². The number of nitrogen functional groups attached to an aromatic ring is 1. The van der Waals surface area contributed by atoms with Crippen molar-refractivity contribution < 1.29 is 9.90 Å². The molecule has 0 aliphatic carbocycles. The van der Waals surface area contributed by atoms with Crippen LogP contribution >= 0.6 is 11.3 Å². The van der Waals surface area contributed by atoms with Crippen molar-refractivity contribution in [3.8, 4) is 0 Å². The number of nitrogens with two attached hydrogens (primary N) is 1. The molecule has 0 spiro atoms. The van der Waals surface area contributed by atoms with Crippen LogP contribution in [0.25, 0.3) is 0 Å². The lowest BCUT2D eigenvalue weighted by Gasteiger charge is -2.03. The van der Waals surface area contributed by atoms with Crippen molar-refractivity contribution >= 4 is 22.3 Å². The molecule has 3 N–H and O–H groups in total. The Kier molecular flexibility index (Phi) is 2.38. The van der Waals surface area contributed by atoms with E-state index < -0.39 is 5.97 Å². The molecule has 1 aromatic rings. The van der Waals surface area contributed by atoms with Crippen molar-refractivity contribution in [2.45, 2.75) is 19.8 Å². The first kappa shape index (κ1) is 9.06. The molecule has 1 aromatic heterocycles. The molecule has 0 aliphatic heterocycles. The predicted molar refractivity (Wildman–Crippen MR) is 49.8 cm³/mol. The largest absolute Gasteiger partial charge is 0.478 e. The Morgan fingerprint density at radius 2 is 2.25 bits per heavy atom. The van der Waals surface area contributed by atoms with Crippen LogP contribution in [-0.2, 0) is 0 Å². The standard InChI is InChI=1S/C8H11NO2S/c1-4(2)5-3-12-7(9)6(5)8(10)11/h3-4H,9H2,1-2H3,(H,10,11). The molecule has 0 amide bonds. The van der Waals surface area contributed by atoms with E-state index in [0.29, 0.717) is 5.00 Å². The molecule has 0 unspecified atom stereocenters. The molecule has 0 aromatic carbocycles. The number of thiophene rings is 1. The van der Waals surface area contributed by atoms with E-state index in [1.165, 1.54) is 11.3 Å². The molecular weight excluding hydrogens is 174 g/mol. The SMILES string of the molecule is CC(C)c1csc(N)c1C(=O)O. The zero-order valence-electron chi connectivity index (χ0n) is 7.00. The summed E-state index contributed by atoms with van der Waals surface area (Å²) in [7, 11) is 0. The van der Waals surface area contributed by atoms with Crippen molar-refractivity contribution in [1.29, 1.82) is 0 Å². The van der Waals surface area contributed by atoms with Crippen LogP contribution in [0.15, 0.2) is 5.38 Å². The summed E-state index contributed by atoms with van der Waals surface area (Å²) < 4.78 is 0. The monoisotopic (exact) mass is 185 g/mol. The second-order valence-electron chi connectivity index (χ2n) is 2.89. The van der Waals surface area contributed by atoms with Crippen LogP contribution < -0.4 is 5.73 Å². The highest BCUT2D eigenvalue weighted by molar-refractivity contribution is 7.14. The Labute approximate surface area is 74.8 Å². The second-order valence-corrected chi connectivity index (χ2v) is 3.80. The smallest absolute Gasteiger partial charge is 0.338 e. The molecule has 0 atom stereocenters. The van der Waals surface area contributed by atoms with E-state index in [-0.39, 0.29) is 11.5 Å². The van der Waals surface area contributed by atoms with E-state index in [9.17, 15) is 4.79 Å². The topological polar surface area (TPSA) is 63.3 Å². The highest BCUT2D eigenvalue weighted by atomic mass is 32.1. The fraction of sp³-hybridized carbons (Fsp3) is 0.375. The van der Waals surface area contributed by atoms with Gasteiger partial charge < -0.3 is 10.8 Å². The van der Waals surface area contributed by atoms with Gasteiger partial charge in [-0.3, -0.25) is 0 Å². The van der Waals surface area contributed by atoms with Gasteiger partial charge in [0.1, 0.15) is 5.00 Å². The minimum atomic E-state index is -0.933. The van der Waals surface area contributed by atoms with Gasteiger partial charge >= 0.3 is 5.97 Å². The fourth-order valence-corrected chi connectivity index (χ4v) is 2.01. The maximum Gasteiger partial charge on any atom is 0.338 e. The third kappa shape index (κ3) is 1.43. The van der Waals surface area contributed by atoms with E-state index in [1.54, 1.807) is 0 Å². The number of hydrogen-bond acceptors (Lipinski definition) is 3. The summed E-state index contributed by atoms with van der Waals surface area (Å²) in [5, 5.41) is 11.0. The highest BCUT2D eigenvalue weighted by Crippen LogP contribution is 2.30. The van der Waals surface area contributed by atoms with Crippen molar-refractivity contribution in [1.82, 2.24) is 0 Å². The number of carbonyl (C=O) groups is 1. The van der Waals surface area contributed by atoms with Gasteiger partial charge in [-0.25, -0.2) is 4.79 Å². The predicted octanol–water partition coefficient (Wildman–Crippen LogP) is 2.15. The van der Waals surface area contributed by atoms with Gasteiger partial charge in [-0.15, -0.1) is 11.3 Å². The van der Waals surface area contributed by atoms with Crippen LogP contribution in [0, 0.1) is 0 Å². The Balaban J connectivity index is 3.21. The molecular formula is C8H11NO2S. The number of rotatable bonds is 2. The third-order valence-electron chi connectivity index (χ3n) is 1.68. The first-order valence-corrected chi connectivity index (χ1v) is 4.52. The molecule has 0 radical (unpaired) electrons. The van der Waals surface area contributed by atoms with E-state index in [0.717, 1.165) is 5.56 Å². The van der Waals surface area contributed by atoms with Gasteiger partial charge in [-0.05, 0) is 16.9 Å². The van der Waals surface area contributed by atoms with Gasteiger partial charge in [-0.2, -0.15) is 0 Å². The summed E-state index contributed by atoms with van der Waals surface area (Å²) in [6.45, 7) is 3.90. The van der Waals surface area contributed by atoms with Crippen molar-refractivity contribution in [2.24, 2.45) is 0 Å². The lowest BCUT2D eigenvalue weighted by Crippen LogP contribution is -2.03. The van der Waals surface area contributed by atoms with Crippen LogP contribution in [0.2, 0.25) is 0 Å². The molecule has 1 heterocycles. The third-order valence-corrected chi connectivity index (χ3v) is 2.51. The van der Waals surface area contributed by atoms with E-state index in [1.807, 2.05) is 19.2 Å². The number of hydrogen-bond donors (Lipinski definition) is 2. The Morgan fingerprint density at radius 3 is 2.58 bits per heavy atom. The van der Waals surface area contributed by atoms with E-state index in [4.69, 9.17) is 10.8 Å². The highest BCUT2D eigenvalue weighted by Gasteiger charge is 2.17. The number of carboxylic acid groups (broad SMARTS) is 1. The molecule has 0 fully saturated rings. The molecule has 4 heteroatoms. The van der Waals surface area contributed by atoms with Gasteiger partial charge in [0.2, 0.25) is 0 Å². The Bertz CT molecular complexity index is 304. The lowest BCUT2D eigenvalue weighted by atomic mass is 10.0. The lowest BCUT2D eigenvalue weighted by molar-refractivity contribution is 0.0697. The molecule has 0 saturated heterocycles. The molecule has 3 nitrogen and oxygen atoms in total. The van der Waals surface area contributed by atoms with Gasteiger partial charge in [0, 0.05) is 0 Å². The average molecular weight is 185 g/mol. The molecule has 66 valence electrons. The number of aromatic carboxylic acids is 1. The summed E-state index contributed by atoms with van der Waals surface area (Å²) in [5.74, 6) is -0.720. The van der Waals surface area contributed by atoms with Crippen LogP contribution in [0.3, 0.4) is 0 Å². The molecule has 12 heavy (non-hydrogen) atoms. The average Bonchev–Trinajstić information content (AvgIpc) is 2.30. The van der Waals surface area contributed by atoms with Gasteiger partial charge in [0.15, 0.2) is 0 Å². The quantitative estimate of drug-likeness (QED) is 0.742.